The Morgan fingerprint density at radius 2 is 1.97 bits per heavy atom. The van der Waals surface area contributed by atoms with E-state index in [9.17, 15) is 9.59 Å². The minimum absolute atomic E-state index is 0. The van der Waals surface area contributed by atoms with Gasteiger partial charge in [0.1, 0.15) is 0 Å². The quantitative estimate of drug-likeness (QED) is 0.800. The summed E-state index contributed by atoms with van der Waals surface area (Å²) >= 11 is 0. The highest BCUT2D eigenvalue weighted by atomic mass is 35.5. The van der Waals surface area contributed by atoms with Crippen molar-refractivity contribution in [3.05, 3.63) is 47.3 Å². The molecule has 2 N–H and O–H groups in total. The van der Waals surface area contributed by atoms with Crippen LogP contribution in [0.4, 0.5) is 5.69 Å². The summed E-state index contributed by atoms with van der Waals surface area (Å²) in [5, 5.41) is 10.6. The van der Waals surface area contributed by atoms with Gasteiger partial charge in [-0.3, -0.25) is 14.3 Å². The van der Waals surface area contributed by atoms with E-state index < -0.39 is 0 Å². The Balaban J connectivity index is 0.00000240. The van der Waals surface area contributed by atoms with Crippen LogP contribution in [0, 0.1) is 12.8 Å². The molecule has 2 atom stereocenters. The van der Waals surface area contributed by atoms with E-state index in [4.69, 9.17) is 0 Å². The molecule has 2 aliphatic heterocycles. The average Bonchev–Trinajstić information content (AvgIpc) is 3.43. The molecule has 2 amide bonds. The molecule has 2 aromatic rings. The van der Waals surface area contributed by atoms with Gasteiger partial charge in [-0.2, -0.15) is 5.10 Å². The Hall–Kier alpha value is -2.38. The highest BCUT2D eigenvalue weighted by molar-refractivity contribution is 5.97. The van der Waals surface area contributed by atoms with Crippen molar-refractivity contribution in [1.82, 2.24) is 20.0 Å². The molecule has 2 aliphatic rings. The second kappa shape index (κ2) is 8.97. The third kappa shape index (κ3) is 4.46. The number of nitrogens with zero attached hydrogens (tertiary/aromatic N) is 3. The average molecular weight is 418 g/mol. The largest absolute Gasteiger partial charge is 0.339 e. The lowest BCUT2D eigenvalue weighted by molar-refractivity contribution is -0.119. The number of likely N-dealkylation sites (tertiary alicyclic amines) is 1. The maximum absolute atomic E-state index is 12.9. The van der Waals surface area contributed by atoms with Gasteiger partial charge in [0, 0.05) is 56.6 Å². The van der Waals surface area contributed by atoms with Gasteiger partial charge < -0.3 is 15.5 Å². The summed E-state index contributed by atoms with van der Waals surface area (Å²) in [5.41, 5.74) is 3.44. The Bertz CT molecular complexity index is 891. The van der Waals surface area contributed by atoms with Crippen LogP contribution in [0.15, 0.2) is 30.6 Å². The second-order valence-corrected chi connectivity index (χ2v) is 7.84. The number of aryl methyl sites for hydroxylation is 2. The van der Waals surface area contributed by atoms with E-state index in [2.05, 4.69) is 15.7 Å². The first kappa shape index (κ1) is 21.3. The third-order valence-corrected chi connectivity index (χ3v) is 5.83. The van der Waals surface area contributed by atoms with Crippen molar-refractivity contribution < 1.29 is 9.59 Å². The molecule has 0 radical (unpaired) electrons. The van der Waals surface area contributed by atoms with E-state index >= 15 is 0 Å². The molecule has 8 heteroatoms. The molecule has 1 aromatic carbocycles. The fraction of sp³-hybridized carbons (Fsp3) is 0.476. The zero-order valence-electron chi connectivity index (χ0n) is 16.9. The minimum atomic E-state index is -0.144. The van der Waals surface area contributed by atoms with E-state index in [1.807, 2.05) is 49.5 Å². The van der Waals surface area contributed by atoms with Crippen LogP contribution in [0.2, 0.25) is 0 Å². The number of hydrogen-bond acceptors (Lipinski definition) is 4. The van der Waals surface area contributed by atoms with Gasteiger partial charge >= 0.3 is 0 Å². The molecule has 0 saturated carbocycles. The number of rotatable bonds is 4. The van der Waals surface area contributed by atoms with Crippen LogP contribution in [-0.2, 0) is 11.8 Å². The number of carbonyl (C=O) groups excluding carboxylic acids is 2. The number of halogens is 1. The van der Waals surface area contributed by atoms with E-state index in [0.717, 1.165) is 49.3 Å². The van der Waals surface area contributed by atoms with Gasteiger partial charge in [0.25, 0.3) is 5.91 Å². The molecule has 1 aromatic heterocycles. The van der Waals surface area contributed by atoms with Gasteiger partial charge in [0.15, 0.2) is 0 Å². The number of anilines is 1. The zero-order valence-corrected chi connectivity index (χ0v) is 17.7. The normalized spacial score (nSPS) is 21.1. The molecule has 4 rings (SSSR count). The zero-order chi connectivity index (χ0) is 19.7. The first-order chi connectivity index (χ1) is 13.5. The van der Waals surface area contributed by atoms with Gasteiger partial charge in [-0.25, -0.2) is 0 Å². The Labute approximate surface area is 177 Å². The van der Waals surface area contributed by atoms with E-state index in [1.165, 1.54) is 0 Å². The first-order valence-corrected chi connectivity index (χ1v) is 9.93. The Kier molecular flexibility index (Phi) is 6.59. The smallest absolute Gasteiger partial charge is 0.253 e. The number of hydrogen-bond donors (Lipinski definition) is 2. The lowest BCUT2D eigenvalue weighted by Crippen LogP contribution is -2.29. The number of aromatic nitrogens is 2. The maximum Gasteiger partial charge on any atom is 0.253 e. The maximum atomic E-state index is 12.9. The fourth-order valence-electron chi connectivity index (χ4n) is 4.20. The standard InChI is InChI=1S/C21H27N5O2.ClH/c1-14-9-15(21(28)26-7-3-4-8-26)5-6-19(14)24-20(27)18-12-22-11-17(18)16-10-23-25(2)13-16;/h5-6,9-10,13,17-18,22H,3-4,7-8,11-12H2,1-2H3,(H,24,27);1H/t17-,18+;/m1./s1. The van der Waals surface area contributed by atoms with Crippen LogP contribution >= 0.6 is 12.4 Å². The van der Waals surface area contributed by atoms with Crippen LogP contribution in [0.3, 0.4) is 0 Å². The van der Waals surface area contributed by atoms with E-state index in [1.54, 1.807) is 4.68 Å². The summed E-state index contributed by atoms with van der Waals surface area (Å²) in [7, 11) is 1.88. The van der Waals surface area contributed by atoms with Crippen LogP contribution < -0.4 is 10.6 Å². The molecule has 0 spiro atoms. The number of carbonyl (C=O) groups is 2. The summed E-state index contributed by atoms with van der Waals surface area (Å²) in [6, 6.07) is 5.54. The van der Waals surface area contributed by atoms with Crippen molar-refractivity contribution in [3.8, 4) is 0 Å². The second-order valence-electron chi connectivity index (χ2n) is 7.84. The van der Waals surface area contributed by atoms with Crippen LogP contribution in [0.25, 0.3) is 0 Å². The molecule has 2 saturated heterocycles. The van der Waals surface area contributed by atoms with Gasteiger partial charge in [0.2, 0.25) is 5.91 Å². The Morgan fingerprint density at radius 1 is 1.21 bits per heavy atom. The molecular formula is C21H28ClN5O2. The topological polar surface area (TPSA) is 79.3 Å². The Morgan fingerprint density at radius 3 is 2.62 bits per heavy atom. The molecule has 0 bridgehead atoms. The van der Waals surface area contributed by atoms with Crippen molar-refractivity contribution in [2.45, 2.75) is 25.7 Å². The molecular weight excluding hydrogens is 390 g/mol. The predicted molar refractivity (Wildman–Crippen MR) is 115 cm³/mol. The van der Waals surface area contributed by atoms with Crippen molar-refractivity contribution in [1.29, 1.82) is 0 Å². The van der Waals surface area contributed by atoms with Gasteiger partial charge in [-0.15, -0.1) is 12.4 Å². The minimum Gasteiger partial charge on any atom is -0.339 e. The summed E-state index contributed by atoms with van der Waals surface area (Å²) < 4.78 is 1.77. The molecule has 2 fully saturated rings. The van der Waals surface area contributed by atoms with Crippen LogP contribution in [-0.4, -0.2) is 52.7 Å². The SMILES string of the molecule is Cc1cc(C(=O)N2CCCC2)ccc1NC(=O)[C@H]1CNC[C@@H]1c1cnn(C)c1.Cl. The monoisotopic (exact) mass is 417 g/mol. The number of amides is 2. The van der Waals surface area contributed by atoms with Crippen LogP contribution in [0.5, 0.6) is 0 Å². The predicted octanol–water partition coefficient (Wildman–Crippen LogP) is 2.33. The summed E-state index contributed by atoms with van der Waals surface area (Å²) in [4.78, 5) is 27.4. The summed E-state index contributed by atoms with van der Waals surface area (Å²) in [5.74, 6) is 0.0511. The highest BCUT2D eigenvalue weighted by Crippen LogP contribution is 2.29. The summed E-state index contributed by atoms with van der Waals surface area (Å²) in [6.45, 7) is 5.02. The van der Waals surface area contributed by atoms with Crippen LogP contribution in [0.1, 0.15) is 40.2 Å². The molecule has 0 unspecified atom stereocenters. The number of benzene rings is 1. The first-order valence-electron chi connectivity index (χ1n) is 9.93. The van der Waals surface area contributed by atoms with Gasteiger partial charge in [0.05, 0.1) is 12.1 Å². The summed E-state index contributed by atoms with van der Waals surface area (Å²) in [6.07, 6.45) is 5.96. The molecule has 156 valence electrons. The van der Waals surface area contributed by atoms with Crippen molar-refractivity contribution in [3.63, 3.8) is 0 Å². The van der Waals surface area contributed by atoms with Gasteiger partial charge in [-0.05, 0) is 49.1 Å². The van der Waals surface area contributed by atoms with Crippen molar-refractivity contribution in [2.75, 3.05) is 31.5 Å². The van der Waals surface area contributed by atoms with E-state index in [0.29, 0.717) is 12.1 Å². The molecule has 3 heterocycles. The highest BCUT2D eigenvalue weighted by Gasteiger charge is 2.35. The lowest BCUT2D eigenvalue weighted by Gasteiger charge is -2.19. The molecule has 29 heavy (non-hydrogen) atoms. The van der Waals surface area contributed by atoms with Crippen molar-refractivity contribution in [2.24, 2.45) is 13.0 Å². The van der Waals surface area contributed by atoms with Gasteiger partial charge in [-0.1, -0.05) is 0 Å². The molecule has 0 aliphatic carbocycles. The van der Waals surface area contributed by atoms with Crippen molar-refractivity contribution >= 4 is 29.9 Å². The fourth-order valence-corrected chi connectivity index (χ4v) is 4.20. The van der Waals surface area contributed by atoms with E-state index in [-0.39, 0.29) is 36.1 Å². The number of nitrogens with one attached hydrogen (secondary N) is 2. The lowest BCUT2D eigenvalue weighted by atomic mass is 9.90. The molecule has 7 nitrogen and oxygen atoms in total. The third-order valence-electron chi connectivity index (χ3n) is 5.83.